The first kappa shape index (κ1) is 9.68. The molecule has 5 heteroatoms. The van der Waals surface area contributed by atoms with Gasteiger partial charge in [-0.2, -0.15) is 0 Å². The summed E-state index contributed by atoms with van der Waals surface area (Å²) in [6, 6.07) is 0. The van der Waals surface area contributed by atoms with Crippen molar-refractivity contribution in [2.45, 2.75) is 19.4 Å². The summed E-state index contributed by atoms with van der Waals surface area (Å²) < 4.78 is 4.51. The van der Waals surface area contributed by atoms with Crippen LogP contribution in [-0.4, -0.2) is 17.6 Å². The Hall–Kier alpha value is -0.320. The Morgan fingerprint density at radius 3 is 2.00 bits per heavy atom. The van der Waals surface area contributed by atoms with Crippen molar-refractivity contribution in [3.8, 4) is 0 Å². The van der Waals surface area contributed by atoms with Gasteiger partial charge in [0, 0.05) is 0 Å². The summed E-state index contributed by atoms with van der Waals surface area (Å²) in [4.78, 5) is 20.9. The molecule has 1 heterocycles. The molecule has 0 aromatic heterocycles. The zero-order valence-corrected chi connectivity index (χ0v) is 7.64. The maximum Gasteiger partial charge on any atom is 1.00 e. The number of ether oxygens (including phenoxy) is 1. The summed E-state index contributed by atoms with van der Waals surface area (Å²) in [5, 5.41) is 3.04. The number of carbonyl (C=O) groups excluding carboxylic acids is 2. The number of cyclic esters (lactones) is 1. The van der Waals surface area contributed by atoms with Crippen molar-refractivity contribution in [3.05, 3.63) is 5.32 Å². The minimum absolute atomic E-state index is 0. The van der Waals surface area contributed by atoms with Crippen molar-refractivity contribution in [3.63, 3.8) is 0 Å². The number of hydrogen-bond acceptors (Lipinski definition) is 3. The molecule has 0 aromatic rings. The third-order valence-corrected chi connectivity index (χ3v) is 1.05. The molecule has 0 aromatic carbocycles. The third kappa shape index (κ3) is 1.59. The molecule has 1 saturated heterocycles. The Balaban J connectivity index is 0.000000810. The van der Waals surface area contributed by atoms with E-state index in [2.05, 4.69) is 10.1 Å². The maximum absolute atomic E-state index is 10.6. The number of imide groups is 1. The largest absolute Gasteiger partial charge is 1.00 e. The van der Waals surface area contributed by atoms with Gasteiger partial charge in [0.15, 0.2) is 0 Å². The van der Waals surface area contributed by atoms with Crippen LogP contribution in [0.2, 0.25) is 0 Å². The fraction of sp³-hybridized carbons (Fsp3) is 0.600. The second-order valence-electron chi connectivity index (χ2n) is 2.30. The van der Waals surface area contributed by atoms with E-state index in [9.17, 15) is 9.59 Å². The Kier molecular flexibility index (Phi) is 2.65. The molecule has 10 heavy (non-hydrogen) atoms. The minimum Gasteiger partial charge on any atom is -0.556 e. The van der Waals surface area contributed by atoms with Gasteiger partial charge in [-0.05, 0) is 13.8 Å². The molecule has 1 aliphatic heterocycles. The van der Waals surface area contributed by atoms with Gasteiger partial charge in [0.2, 0.25) is 6.09 Å². The van der Waals surface area contributed by atoms with Crippen molar-refractivity contribution >= 4 is 12.0 Å². The molecule has 2 amide bonds. The van der Waals surface area contributed by atoms with Gasteiger partial charge < -0.3 is 14.8 Å². The molecular formula is C5H6AuNO3. The van der Waals surface area contributed by atoms with E-state index in [4.69, 9.17) is 0 Å². The van der Waals surface area contributed by atoms with Crippen LogP contribution in [-0.2, 0) is 31.9 Å². The van der Waals surface area contributed by atoms with E-state index >= 15 is 0 Å². The van der Waals surface area contributed by atoms with Crippen molar-refractivity contribution in [1.29, 1.82) is 0 Å². The Labute approximate surface area is 73.8 Å². The van der Waals surface area contributed by atoms with Crippen LogP contribution >= 0.6 is 0 Å². The van der Waals surface area contributed by atoms with E-state index in [0.717, 1.165) is 0 Å². The van der Waals surface area contributed by atoms with Gasteiger partial charge in [-0.1, -0.05) is 0 Å². The van der Waals surface area contributed by atoms with Gasteiger partial charge in [-0.25, -0.2) is 0 Å². The van der Waals surface area contributed by atoms with E-state index in [1.807, 2.05) is 0 Å². The minimum atomic E-state index is -1.03. The molecule has 0 atom stereocenters. The first-order valence-corrected chi connectivity index (χ1v) is 2.51. The molecule has 0 spiro atoms. The summed E-state index contributed by atoms with van der Waals surface area (Å²) in [5.74, 6) is -0.507. The Morgan fingerprint density at radius 1 is 1.40 bits per heavy atom. The summed E-state index contributed by atoms with van der Waals surface area (Å²) in [6.07, 6.45) is -0.787. The number of hydrogen-bond donors (Lipinski definition) is 0. The number of carbonyl (C=O) groups is 2. The fourth-order valence-corrected chi connectivity index (χ4v) is 0.502. The molecule has 0 bridgehead atoms. The van der Waals surface area contributed by atoms with Crippen molar-refractivity contribution in [1.82, 2.24) is 0 Å². The molecular weight excluding hydrogens is 319 g/mol. The van der Waals surface area contributed by atoms with Gasteiger partial charge in [0.1, 0.15) is 11.5 Å². The van der Waals surface area contributed by atoms with Gasteiger partial charge >= 0.3 is 22.4 Å². The molecule has 60 valence electrons. The molecule has 0 N–H and O–H groups in total. The van der Waals surface area contributed by atoms with Crippen LogP contribution in [0.1, 0.15) is 13.8 Å². The summed E-state index contributed by atoms with van der Waals surface area (Å²) in [7, 11) is 0. The normalized spacial score (nSPS) is 21.0. The summed E-state index contributed by atoms with van der Waals surface area (Å²) in [6.45, 7) is 3.01. The smallest absolute Gasteiger partial charge is 0.556 e. The molecule has 1 fully saturated rings. The Morgan fingerprint density at radius 2 is 1.90 bits per heavy atom. The van der Waals surface area contributed by atoms with Gasteiger partial charge in [0.05, 0.1) is 0 Å². The zero-order chi connectivity index (χ0) is 7.07. The number of rotatable bonds is 0. The van der Waals surface area contributed by atoms with E-state index in [-0.39, 0.29) is 22.4 Å². The summed E-state index contributed by atoms with van der Waals surface area (Å²) in [5.41, 5.74) is -1.03. The first-order valence-electron chi connectivity index (χ1n) is 2.51. The standard InChI is InChI=1S/C5H7NO3.Au/c1-5(2)3(7)6-4(8)9-5;/h1-2H3,(H,6,7,8);/q;+1/p-1. The van der Waals surface area contributed by atoms with Crippen LogP contribution in [0, 0.1) is 0 Å². The van der Waals surface area contributed by atoms with E-state index in [1.54, 1.807) is 0 Å². The number of nitrogens with zero attached hydrogens (tertiary/aromatic N) is 1. The van der Waals surface area contributed by atoms with Crippen molar-refractivity contribution in [2.75, 3.05) is 0 Å². The molecule has 1 rings (SSSR count). The second-order valence-corrected chi connectivity index (χ2v) is 2.30. The van der Waals surface area contributed by atoms with Gasteiger partial charge in [-0.15, -0.1) is 0 Å². The van der Waals surface area contributed by atoms with Crippen LogP contribution < -0.4 is 0 Å². The predicted molar refractivity (Wildman–Crippen MR) is 28.9 cm³/mol. The molecule has 0 aliphatic carbocycles. The quantitative estimate of drug-likeness (QED) is 0.620. The zero-order valence-electron chi connectivity index (χ0n) is 5.47. The molecule has 1 aliphatic rings. The van der Waals surface area contributed by atoms with Crippen LogP contribution in [0.3, 0.4) is 0 Å². The maximum atomic E-state index is 10.6. The number of amides is 2. The van der Waals surface area contributed by atoms with Gasteiger partial charge in [-0.3, -0.25) is 4.79 Å². The van der Waals surface area contributed by atoms with Crippen molar-refractivity contribution in [2.24, 2.45) is 0 Å². The van der Waals surface area contributed by atoms with Crippen LogP contribution in [0.15, 0.2) is 0 Å². The van der Waals surface area contributed by atoms with E-state index in [1.165, 1.54) is 13.8 Å². The second kappa shape index (κ2) is 2.74. The average molecular weight is 325 g/mol. The van der Waals surface area contributed by atoms with Gasteiger partial charge in [0.25, 0.3) is 0 Å². The topological polar surface area (TPSA) is 57.5 Å². The van der Waals surface area contributed by atoms with E-state index < -0.39 is 17.6 Å². The third-order valence-electron chi connectivity index (χ3n) is 1.05. The fourth-order valence-electron chi connectivity index (χ4n) is 0.502. The average Bonchev–Trinajstić information content (AvgIpc) is 1.79. The molecule has 0 saturated carbocycles. The SMILES string of the molecule is CC1(C)OC(=O)[N-]C1=O.[Au+]. The summed E-state index contributed by atoms with van der Waals surface area (Å²) >= 11 is 0. The predicted octanol–water partition coefficient (Wildman–Crippen LogP) is 0.813. The van der Waals surface area contributed by atoms with Crippen LogP contribution in [0.5, 0.6) is 0 Å². The van der Waals surface area contributed by atoms with Crippen LogP contribution in [0.25, 0.3) is 5.32 Å². The monoisotopic (exact) mass is 325 g/mol. The Bertz CT molecular complexity index is 178. The molecule has 4 nitrogen and oxygen atoms in total. The van der Waals surface area contributed by atoms with E-state index in [0.29, 0.717) is 0 Å². The first-order chi connectivity index (χ1) is 4.02. The molecule has 0 radical (unpaired) electrons. The van der Waals surface area contributed by atoms with Crippen LogP contribution in [0.4, 0.5) is 4.79 Å². The van der Waals surface area contributed by atoms with Crippen molar-refractivity contribution < 1.29 is 36.7 Å². The molecule has 0 unspecified atom stereocenters.